The molecular formula is C23H24N2O5. The summed E-state index contributed by atoms with van der Waals surface area (Å²) in [6, 6.07) is 17.3. The number of nitrogens with zero attached hydrogens (tertiary/aromatic N) is 1. The van der Waals surface area contributed by atoms with Gasteiger partial charge in [0.15, 0.2) is 19.0 Å². The van der Waals surface area contributed by atoms with Crippen molar-refractivity contribution in [1.82, 2.24) is 5.32 Å². The minimum Gasteiger partial charge on any atom is -0.482 e. The summed E-state index contributed by atoms with van der Waals surface area (Å²) >= 11 is 0. The van der Waals surface area contributed by atoms with E-state index in [0.717, 1.165) is 0 Å². The summed E-state index contributed by atoms with van der Waals surface area (Å²) in [6.45, 7) is 4.33. The maximum Gasteiger partial charge on any atom is 0.344 e. The van der Waals surface area contributed by atoms with Gasteiger partial charge in [0, 0.05) is 11.1 Å². The molecule has 2 rings (SSSR count). The van der Waals surface area contributed by atoms with Crippen LogP contribution in [-0.4, -0.2) is 36.4 Å². The van der Waals surface area contributed by atoms with Gasteiger partial charge in [-0.2, -0.15) is 5.26 Å². The van der Waals surface area contributed by atoms with Crippen molar-refractivity contribution in [1.29, 1.82) is 5.26 Å². The Balaban J connectivity index is 1.80. The first-order valence-corrected chi connectivity index (χ1v) is 9.45. The molecule has 0 heterocycles. The van der Waals surface area contributed by atoms with Gasteiger partial charge >= 0.3 is 5.97 Å². The van der Waals surface area contributed by atoms with Gasteiger partial charge in [0.25, 0.3) is 5.91 Å². The molecule has 156 valence electrons. The lowest BCUT2D eigenvalue weighted by Crippen LogP contribution is -2.50. The summed E-state index contributed by atoms with van der Waals surface area (Å²) in [5, 5.41) is 11.7. The van der Waals surface area contributed by atoms with Gasteiger partial charge in [0.2, 0.25) is 0 Å². The molecule has 2 aromatic rings. The molecule has 0 fully saturated rings. The highest BCUT2D eigenvalue weighted by Crippen LogP contribution is 2.16. The van der Waals surface area contributed by atoms with E-state index in [1.807, 2.05) is 26.0 Å². The van der Waals surface area contributed by atoms with Crippen LogP contribution in [0.25, 0.3) is 0 Å². The fraction of sp³-hybridized carbons (Fsp3) is 0.304. The van der Waals surface area contributed by atoms with Crippen LogP contribution in [0.1, 0.15) is 36.7 Å². The first-order chi connectivity index (χ1) is 14.2. The van der Waals surface area contributed by atoms with Crippen LogP contribution in [0.4, 0.5) is 0 Å². The van der Waals surface area contributed by atoms with Crippen molar-refractivity contribution in [3.63, 3.8) is 0 Å². The Kier molecular flexibility index (Phi) is 7.70. The van der Waals surface area contributed by atoms with Crippen molar-refractivity contribution < 1.29 is 23.9 Å². The smallest absolute Gasteiger partial charge is 0.344 e. The number of rotatable bonds is 9. The Hall–Kier alpha value is -3.66. The molecule has 1 N–H and O–H groups in total. The van der Waals surface area contributed by atoms with Gasteiger partial charge in [-0.15, -0.1) is 0 Å². The predicted molar refractivity (Wildman–Crippen MR) is 110 cm³/mol. The van der Waals surface area contributed by atoms with Crippen molar-refractivity contribution in [2.75, 3.05) is 13.2 Å². The number of nitrogens with one attached hydrogen (secondary N) is 1. The second-order valence-corrected chi connectivity index (χ2v) is 7.19. The lowest BCUT2D eigenvalue weighted by molar-refractivity contribution is -0.150. The number of hydrogen-bond acceptors (Lipinski definition) is 6. The zero-order valence-corrected chi connectivity index (χ0v) is 17.2. The van der Waals surface area contributed by atoms with Crippen LogP contribution >= 0.6 is 0 Å². The van der Waals surface area contributed by atoms with Gasteiger partial charge in [-0.3, -0.25) is 9.59 Å². The maximum atomic E-state index is 12.4. The minimum absolute atomic E-state index is 0.109. The van der Waals surface area contributed by atoms with Gasteiger partial charge in [-0.25, -0.2) is 4.79 Å². The summed E-state index contributed by atoms with van der Waals surface area (Å²) in [6.07, 6.45) is 0. The Morgan fingerprint density at radius 3 is 2.17 bits per heavy atom. The van der Waals surface area contributed by atoms with Crippen LogP contribution in [0.5, 0.6) is 5.75 Å². The van der Waals surface area contributed by atoms with Crippen molar-refractivity contribution >= 4 is 17.7 Å². The third-order valence-electron chi connectivity index (χ3n) is 4.66. The van der Waals surface area contributed by atoms with E-state index in [1.165, 1.54) is 0 Å². The van der Waals surface area contributed by atoms with Crippen molar-refractivity contribution in [3.05, 3.63) is 65.7 Å². The lowest BCUT2D eigenvalue weighted by Gasteiger charge is -2.27. The normalized spacial score (nSPS) is 12.4. The molecule has 1 amide bonds. The highest BCUT2D eigenvalue weighted by molar-refractivity contribution is 6.08. The number of amides is 1. The van der Waals surface area contributed by atoms with E-state index >= 15 is 0 Å². The molecule has 0 saturated carbocycles. The number of carbonyl (C=O) groups is 3. The monoisotopic (exact) mass is 408 g/mol. The van der Waals surface area contributed by atoms with Crippen LogP contribution in [0.3, 0.4) is 0 Å². The topological polar surface area (TPSA) is 105 Å². The molecule has 2 aromatic carbocycles. The molecule has 0 aliphatic heterocycles. The number of nitriles is 1. The first-order valence-electron chi connectivity index (χ1n) is 9.45. The van der Waals surface area contributed by atoms with Gasteiger partial charge in [-0.05, 0) is 37.1 Å². The number of ketones is 1. The first kappa shape index (κ1) is 22.6. The quantitative estimate of drug-likeness (QED) is 0.505. The van der Waals surface area contributed by atoms with Crippen molar-refractivity contribution in [2.45, 2.75) is 26.3 Å². The van der Waals surface area contributed by atoms with E-state index in [-0.39, 0.29) is 18.3 Å². The van der Waals surface area contributed by atoms with Gasteiger partial charge in [0.1, 0.15) is 11.3 Å². The average molecular weight is 408 g/mol. The largest absolute Gasteiger partial charge is 0.482 e. The number of ether oxygens (including phenoxy) is 2. The predicted octanol–water partition coefficient (Wildman–Crippen LogP) is 2.89. The van der Waals surface area contributed by atoms with Crippen LogP contribution < -0.4 is 10.1 Å². The minimum atomic E-state index is -1.04. The third-order valence-corrected chi connectivity index (χ3v) is 4.66. The van der Waals surface area contributed by atoms with Gasteiger partial charge in [-0.1, -0.05) is 44.2 Å². The molecule has 0 aliphatic rings. The Morgan fingerprint density at radius 1 is 1.00 bits per heavy atom. The van der Waals surface area contributed by atoms with Crippen molar-refractivity contribution in [2.24, 2.45) is 5.92 Å². The van der Waals surface area contributed by atoms with E-state index in [2.05, 4.69) is 5.32 Å². The average Bonchev–Trinajstić information content (AvgIpc) is 2.76. The highest BCUT2D eigenvalue weighted by Gasteiger charge is 2.30. The standard InChI is InChI=1S/C23H24N2O5/c1-16(2)23(3,15-24)25-20(26)13-30-21(27)14-29-19-11-9-18(10-12-19)22(28)17-7-5-4-6-8-17/h4-12,16H,13-14H2,1-3H3,(H,25,26)/t23-/m1/s1. The Labute approximate surface area is 175 Å². The highest BCUT2D eigenvalue weighted by atomic mass is 16.6. The Bertz CT molecular complexity index is 932. The molecule has 0 aromatic heterocycles. The van der Waals surface area contributed by atoms with Gasteiger partial charge in [0.05, 0.1) is 6.07 Å². The third kappa shape index (κ3) is 6.17. The second-order valence-electron chi connectivity index (χ2n) is 7.19. The summed E-state index contributed by atoms with van der Waals surface area (Å²) in [7, 11) is 0. The molecule has 0 spiro atoms. The van der Waals surface area contributed by atoms with E-state index in [1.54, 1.807) is 55.5 Å². The van der Waals surface area contributed by atoms with E-state index in [0.29, 0.717) is 16.9 Å². The molecule has 7 nitrogen and oxygen atoms in total. The van der Waals surface area contributed by atoms with Gasteiger partial charge < -0.3 is 14.8 Å². The van der Waals surface area contributed by atoms with E-state index in [4.69, 9.17) is 9.47 Å². The number of carbonyl (C=O) groups excluding carboxylic acids is 3. The van der Waals surface area contributed by atoms with E-state index in [9.17, 15) is 19.6 Å². The molecular weight excluding hydrogens is 384 g/mol. The fourth-order valence-corrected chi connectivity index (χ4v) is 2.42. The van der Waals surface area contributed by atoms with Crippen LogP contribution in [-0.2, 0) is 14.3 Å². The molecule has 0 aliphatic carbocycles. The molecule has 0 unspecified atom stereocenters. The zero-order valence-electron chi connectivity index (χ0n) is 17.2. The molecule has 0 saturated heterocycles. The summed E-state index contributed by atoms with van der Waals surface area (Å²) < 4.78 is 10.2. The lowest BCUT2D eigenvalue weighted by atomic mass is 9.90. The molecule has 1 atom stereocenters. The second kappa shape index (κ2) is 10.2. The Morgan fingerprint density at radius 2 is 1.60 bits per heavy atom. The molecule has 7 heteroatoms. The van der Waals surface area contributed by atoms with E-state index < -0.39 is 24.0 Å². The zero-order chi connectivity index (χ0) is 22.1. The summed E-state index contributed by atoms with van der Waals surface area (Å²) in [5.41, 5.74) is 0.0373. The SMILES string of the molecule is CC(C)[C@@](C)(C#N)NC(=O)COC(=O)COc1ccc(C(=O)c2ccccc2)cc1. The number of benzene rings is 2. The summed E-state index contributed by atoms with van der Waals surface area (Å²) in [5.74, 6) is -1.12. The van der Waals surface area contributed by atoms with Crippen molar-refractivity contribution in [3.8, 4) is 11.8 Å². The number of hydrogen-bond donors (Lipinski definition) is 1. The number of esters is 1. The van der Waals surface area contributed by atoms with Crippen LogP contribution in [0, 0.1) is 17.2 Å². The van der Waals surface area contributed by atoms with Crippen LogP contribution in [0.2, 0.25) is 0 Å². The maximum absolute atomic E-state index is 12.4. The molecule has 30 heavy (non-hydrogen) atoms. The summed E-state index contributed by atoms with van der Waals surface area (Å²) in [4.78, 5) is 36.1. The van der Waals surface area contributed by atoms with Crippen LogP contribution in [0.15, 0.2) is 54.6 Å². The fourth-order valence-electron chi connectivity index (χ4n) is 2.42. The molecule has 0 bridgehead atoms. The molecule has 0 radical (unpaired) electrons.